The van der Waals surface area contributed by atoms with E-state index in [9.17, 15) is 14.7 Å². The van der Waals surface area contributed by atoms with E-state index in [1.54, 1.807) is 31.6 Å². The van der Waals surface area contributed by atoms with E-state index in [1.165, 1.54) is 4.90 Å². The number of likely N-dealkylation sites (tertiary alicyclic amines) is 1. The molecule has 1 atom stereocenters. The molecule has 7 nitrogen and oxygen atoms in total. The Hall–Kier alpha value is -4.39. The fraction of sp³-hybridized carbons (Fsp3) is 0.233. The highest BCUT2D eigenvalue weighted by Gasteiger charge is 2.47. The van der Waals surface area contributed by atoms with Gasteiger partial charge in [-0.25, -0.2) is 0 Å². The van der Waals surface area contributed by atoms with Gasteiger partial charge in [-0.15, -0.1) is 0 Å². The molecular formula is C30H29N3O4. The molecule has 0 radical (unpaired) electrons. The molecule has 1 aliphatic rings. The summed E-state index contributed by atoms with van der Waals surface area (Å²) in [7, 11) is 1.60. The predicted molar refractivity (Wildman–Crippen MR) is 142 cm³/mol. The van der Waals surface area contributed by atoms with Gasteiger partial charge in [0.2, 0.25) is 0 Å². The lowest BCUT2D eigenvalue weighted by Crippen LogP contribution is -2.29. The average molecular weight is 496 g/mol. The fourth-order valence-corrected chi connectivity index (χ4v) is 4.97. The molecule has 0 aliphatic carbocycles. The number of Topliss-reactive ketones (excluding diaryl/α,β-unsaturated/α-hetero) is 1. The highest BCUT2D eigenvalue weighted by atomic mass is 16.5. The molecule has 1 aliphatic heterocycles. The molecule has 2 N–H and O–H groups in total. The summed E-state index contributed by atoms with van der Waals surface area (Å²) in [5, 5.41) is 12.5. The molecule has 2 aromatic carbocycles. The molecule has 1 saturated heterocycles. The van der Waals surface area contributed by atoms with Crippen molar-refractivity contribution in [2.45, 2.75) is 38.8 Å². The van der Waals surface area contributed by atoms with E-state index in [0.717, 1.165) is 27.6 Å². The molecule has 1 unspecified atom stereocenters. The Labute approximate surface area is 215 Å². The van der Waals surface area contributed by atoms with Gasteiger partial charge in [0.05, 0.1) is 18.7 Å². The normalized spacial score (nSPS) is 17.5. The van der Waals surface area contributed by atoms with Crippen molar-refractivity contribution in [2.24, 2.45) is 0 Å². The SMILES string of the molecule is COc1ccc(/C(O)=C2\C(=O)C(=O)N(Cc3ccncc3)C2c2c[nH]c3ccccc23)cc1C(C)(C)C. The summed E-state index contributed by atoms with van der Waals surface area (Å²) in [5.41, 5.74) is 3.59. The first-order chi connectivity index (χ1) is 17.7. The van der Waals surface area contributed by atoms with Gasteiger partial charge >= 0.3 is 0 Å². The highest BCUT2D eigenvalue weighted by Crippen LogP contribution is 2.43. The second kappa shape index (κ2) is 9.24. The van der Waals surface area contributed by atoms with Crippen LogP contribution in [0.5, 0.6) is 5.75 Å². The fourth-order valence-electron chi connectivity index (χ4n) is 4.97. The number of aliphatic hydroxyl groups excluding tert-OH is 1. The number of para-hydroxylation sites is 1. The predicted octanol–water partition coefficient (Wildman–Crippen LogP) is 5.49. The third-order valence-electron chi connectivity index (χ3n) is 6.84. The number of ether oxygens (including phenoxy) is 1. The molecule has 0 spiro atoms. The largest absolute Gasteiger partial charge is 0.507 e. The van der Waals surface area contributed by atoms with Crippen molar-refractivity contribution in [1.29, 1.82) is 0 Å². The van der Waals surface area contributed by atoms with E-state index < -0.39 is 17.7 Å². The zero-order valence-corrected chi connectivity index (χ0v) is 21.3. The van der Waals surface area contributed by atoms with Crippen LogP contribution in [0.4, 0.5) is 0 Å². The van der Waals surface area contributed by atoms with Crippen LogP contribution < -0.4 is 4.74 Å². The zero-order chi connectivity index (χ0) is 26.3. The third-order valence-corrected chi connectivity index (χ3v) is 6.84. The topological polar surface area (TPSA) is 95.5 Å². The number of amides is 1. The Balaban J connectivity index is 1.72. The number of fused-ring (bicyclic) bond motifs is 1. The number of hydrogen-bond donors (Lipinski definition) is 2. The summed E-state index contributed by atoms with van der Waals surface area (Å²) in [6.45, 7) is 6.35. The van der Waals surface area contributed by atoms with E-state index >= 15 is 0 Å². The Morgan fingerprint density at radius 1 is 1.08 bits per heavy atom. The van der Waals surface area contributed by atoms with Crippen molar-refractivity contribution in [3.8, 4) is 5.75 Å². The van der Waals surface area contributed by atoms with Crippen LogP contribution in [0, 0.1) is 0 Å². The number of nitrogens with one attached hydrogen (secondary N) is 1. The van der Waals surface area contributed by atoms with Crippen LogP contribution >= 0.6 is 0 Å². The number of ketones is 1. The molecule has 0 bridgehead atoms. The van der Waals surface area contributed by atoms with E-state index in [4.69, 9.17) is 4.74 Å². The van der Waals surface area contributed by atoms with Crippen molar-refractivity contribution in [3.63, 3.8) is 0 Å². The smallest absolute Gasteiger partial charge is 0.295 e. The molecule has 0 saturated carbocycles. The summed E-state index contributed by atoms with van der Waals surface area (Å²) in [5.74, 6) is -0.887. The molecule has 4 aromatic rings. The number of aliphatic hydroxyl groups is 1. The number of carbonyl (C=O) groups is 2. The minimum atomic E-state index is -0.774. The van der Waals surface area contributed by atoms with Crippen LogP contribution in [-0.2, 0) is 21.5 Å². The van der Waals surface area contributed by atoms with Crippen molar-refractivity contribution < 1.29 is 19.4 Å². The maximum Gasteiger partial charge on any atom is 0.295 e. The van der Waals surface area contributed by atoms with Crippen LogP contribution in [0.15, 0.2) is 78.8 Å². The molecule has 1 fully saturated rings. The number of benzene rings is 2. The molecule has 2 aromatic heterocycles. The van der Waals surface area contributed by atoms with Crippen molar-refractivity contribution in [1.82, 2.24) is 14.9 Å². The number of nitrogens with zero attached hydrogens (tertiary/aromatic N) is 2. The summed E-state index contributed by atoms with van der Waals surface area (Å²) in [4.78, 5) is 35.7. The number of hydrogen-bond acceptors (Lipinski definition) is 5. The first kappa shape index (κ1) is 24.3. The Kier molecular flexibility index (Phi) is 6.07. The first-order valence-electron chi connectivity index (χ1n) is 12.1. The minimum absolute atomic E-state index is 0.0637. The molecule has 37 heavy (non-hydrogen) atoms. The number of aromatic nitrogens is 2. The number of rotatable bonds is 5. The first-order valence-corrected chi connectivity index (χ1v) is 12.1. The van der Waals surface area contributed by atoms with E-state index in [-0.39, 0.29) is 23.3 Å². The van der Waals surface area contributed by atoms with Gasteiger partial charge < -0.3 is 19.7 Å². The Bertz CT molecular complexity index is 1530. The second-order valence-corrected chi connectivity index (χ2v) is 10.2. The summed E-state index contributed by atoms with van der Waals surface area (Å²) in [6.07, 6.45) is 5.11. The lowest BCUT2D eigenvalue weighted by molar-refractivity contribution is -0.140. The van der Waals surface area contributed by atoms with Crippen molar-refractivity contribution in [3.05, 3.63) is 101 Å². The van der Waals surface area contributed by atoms with E-state index in [2.05, 4.69) is 9.97 Å². The number of methoxy groups -OCH3 is 1. The van der Waals surface area contributed by atoms with Gasteiger partial charge in [0.25, 0.3) is 11.7 Å². The van der Waals surface area contributed by atoms with Crippen LogP contribution in [0.3, 0.4) is 0 Å². The van der Waals surface area contributed by atoms with Gasteiger partial charge in [0.1, 0.15) is 11.5 Å². The highest BCUT2D eigenvalue weighted by molar-refractivity contribution is 6.46. The van der Waals surface area contributed by atoms with E-state index in [1.807, 2.05) is 69.4 Å². The quantitative estimate of drug-likeness (QED) is 0.217. The van der Waals surface area contributed by atoms with Gasteiger partial charge in [-0.3, -0.25) is 14.6 Å². The molecule has 1 amide bonds. The monoisotopic (exact) mass is 495 g/mol. The van der Waals surface area contributed by atoms with Gasteiger partial charge in [0, 0.05) is 52.7 Å². The van der Waals surface area contributed by atoms with Gasteiger partial charge in [-0.2, -0.15) is 0 Å². The molecular weight excluding hydrogens is 466 g/mol. The van der Waals surface area contributed by atoms with Gasteiger partial charge in [-0.1, -0.05) is 39.0 Å². The number of pyridine rings is 1. The molecule has 7 heteroatoms. The number of H-pyrrole nitrogens is 1. The number of aromatic amines is 1. The van der Waals surface area contributed by atoms with Crippen molar-refractivity contribution in [2.75, 3.05) is 7.11 Å². The molecule has 3 heterocycles. The average Bonchev–Trinajstić information content (AvgIpc) is 3.42. The zero-order valence-electron chi connectivity index (χ0n) is 21.3. The maximum absolute atomic E-state index is 13.5. The summed E-state index contributed by atoms with van der Waals surface area (Å²) < 4.78 is 5.55. The standard InChI is InChI=1S/C30H29N3O4/c1-30(2,3)22-15-19(9-10-24(22)37-4)27(34)25-26(21-16-32-23-8-6-5-7-20(21)23)33(29(36)28(25)35)17-18-11-13-31-14-12-18/h5-16,26,32,34H,17H2,1-4H3/b27-25+. The Morgan fingerprint density at radius 2 is 1.81 bits per heavy atom. The maximum atomic E-state index is 13.5. The van der Waals surface area contributed by atoms with Gasteiger partial charge in [0.15, 0.2) is 0 Å². The molecule has 5 rings (SSSR count). The lowest BCUT2D eigenvalue weighted by atomic mass is 9.84. The van der Waals surface area contributed by atoms with Crippen LogP contribution in [-0.4, -0.2) is 38.8 Å². The summed E-state index contributed by atoms with van der Waals surface area (Å²) in [6, 6.07) is 15.9. The van der Waals surface area contributed by atoms with E-state index in [0.29, 0.717) is 11.3 Å². The second-order valence-electron chi connectivity index (χ2n) is 10.2. The third kappa shape index (κ3) is 4.27. The summed E-state index contributed by atoms with van der Waals surface area (Å²) >= 11 is 0. The molecule has 188 valence electrons. The van der Waals surface area contributed by atoms with Crippen molar-refractivity contribution >= 4 is 28.4 Å². The number of carbonyl (C=O) groups excluding carboxylic acids is 2. The minimum Gasteiger partial charge on any atom is -0.507 e. The lowest BCUT2D eigenvalue weighted by Gasteiger charge is -2.25. The van der Waals surface area contributed by atoms with Crippen LogP contribution in [0.25, 0.3) is 16.7 Å². The Morgan fingerprint density at radius 3 is 2.51 bits per heavy atom. The van der Waals surface area contributed by atoms with Crippen LogP contribution in [0.1, 0.15) is 49.1 Å². The van der Waals surface area contributed by atoms with Gasteiger partial charge in [-0.05, 0) is 47.4 Å². The van der Waals surface area contributed by atoms with Crippen LogP contribution in [0.2, 0.25) is 0 Å².